The number of carboxylic acid groups (broad SMARTS) is 1. The summed E-state index contributed by atoms with van der Waals surface area (Å²) in [5.41, 5.74) is 0.567. The molecule has 0 saturated heterocycles. The van der Waals surface area contributed by atoms with Gasteiger partial charge in [0.25, 0.3) is 0 Å². The molecular formula is C11H12O4. The van der Waals surface area contributed by atoms with Crippen molar-refractivity contribution in [3.8, 4) is 11.5 Å². The van der Waals surface area contributed by atoms with Gasteiger partial charge >= 0.3 is 5.97 Å². The van der Waals surface area contributed by atoms with E-state index in [-0.39, 0.29) is 12.2 Å². The average Bonchev–Trinajstić information content (AvgIpc) is 2.20. The molecule has 0 atom stereocenters. The summed E-state index contributed by atoms with van der Waals surface area (Å²) in [6.45, 7) is 0. The van der Waals surface area contributed by atoms with Gasteiger partial charge in [0.2, 0.25) is 0 Å². The fraction of sp³-hybridized carbons (Fsp3) is 0.182. The number of phenolic OH excluding ortho intramolecular Hbond substituents is 1. The molecule has 80 valence electrons. The van der Waals surface area contributed by atoms with Crippen LogP contribution in [0, 0.1) is 0 Å². The van der Waals surface area contributed by atoms with Crippen molar-refractivity contribution in [3.63, 3.8) is 0 Å². The molecule has 0 aliphatic heterocycles. The molecule has 0 saturated carbocycles. The van der Waals surface area contributed by atoms with Crippen molar-refractivity contribution in [1.29, 1.82) is 0 Å². The van der Waals surface area contributed by atoms with Crippen LogP contribution >= 0.6 is 0 Å². The fourth-order valence-electron chi connectivity index (χ4n) is 1.08. The molecule has 0 spiro atoms. The van der Waals surface area contributed by atoms with Crippen LogP contribution in [-0.4, -0.2) is 23.3 Å². The summed E-state index contributed by atoms with van der Waals surface area (Å²) in [5.74, 6) is -0.280. The van der Waals surface area contributed by atoms with Gasteiger partial charge in [0.1, 0.15) is 11.5 Å². The third-order valence-corrected chi connectivity index (χ3v) is 1.83. The first kappa shape index (κ1) is 11.1. The van der Waals surface area contributed by atoms with Gasteiger partial charge in [-0.05, 0) is 12.1 Å². The molecule has 0 bridgehead atoms. The summed E-state index contributed by atoms with van der Waals surface area (Å²) in [6, 6.07) is 4.83. The molecule has 0 unspecified atom stereocenters. The van der Waals surface area contributed by atoms with Crippen LogP contribution in [0.2, 0.25) is 0 Å². The molecule has 0 heterocycles. The Labute approximate surface area is 87.4 Å². The number of benzene rings is 1. The van der Waals surface area contributed by atoms with Crippen LogP contribution in [0.1, 0.15) is 12.0 Å². The highest BCUT2D eigenvalue weighted by Gasteiger charge is 1.99. The number of carboxylic acids is 1. The van der Waals surface area contributed by atoms with E-state index in [0.29, 0.717) is 11.3 Å². The molecule has 15 heavy (non-hydrogen) atoms. The molecule has 2 N–H and O–H groups in total. The van der Waals surface area contributed by atoms with Crippen molar-refractivity contribution in [2.45, 2.75) is 6.42 Å². The summed E-state index contributed by atoms with van der Waals surface area (Å²) in [5, 5.41) is 17.9. The Morgan fingerprint density at radius 2 is 2.27 bits per heavy atom. The van der Waals surface area contributed by atoms with Gasteiger partial charge in [-0.25, -0.2) is 0 Å². The highest BCUT2D eigenvalue weighted by Crippen LogP contribution is 2.24. The lowest BCUT2D eigenvalue weighted by molar-refractivity contribution is -0.135. The van der Waals surface area contributed by atoms with E-state index < -0.39 is 5.97 Å². The van der Waals surface area contributed by atoms with E-state index in [1.54, 1.807) is 18.2 Å². The first-order valence-corrected chi connectivity index (χ1v) is 4.39. The van der Waals surface area contributed by atoms with Crippen LogP contribution < -0.4 is 4.74 Å². The minimum absolute atomic E-state index is 0.0640. The maximum atomic E-state index is 10.2. The van der Waals surface area contributed by atoms with Gasteiger partial charge in [-0.2, -0.15) is 0 Å². The number of aromatic hydroxyl groups is 1. The number of carbonyl (C=O) groups is 1. The Morgan fingerprint density at radius 1 is 1.53 bits per heavy atom. The van der Waals surface area contributed by atoms with Crippen molar-refractivity contribution < 1.29 is 19.7 Å². The number of rotatable bonds is 4. The van der Waals surface area contributed by atoms with Gasteiger partial charge in [0.15, 0.2) is 0 Å². The van der Waals surface area contributed by atoms with Gasteiger partial charge in [-0.3, -0.25) is 4.79 Å². The topological polar surface area (TPSA) is 66.8 Å². The Bertz CT molecular complexity index is 382. The second-order valence-electron chi connectivity index (χ2n) is 2.92. The maximum absolute atomic E-state index is 10.2. The smallest absolute Gasteiger partial charge is 0.307 e. The van der Waals surface area contributed by atoms with Gasteiger partial charge in [-0.1, -0.05) is 12.2 Å². The van der Waals surface area contributed by atoms with E-state index in [2.05, 4.69) is 0 Å². The lowest BCUT2D eigenvalue weighted by Crippen LogP contribution is -1.89. The SMILES string of the molecule is COc1ccc(C=CCC(=O)O)c(O)c1. The Kier molecular flexibility index (Phi) is 3.74. The zero-order valence-corrected chi connectivity index (χ0v) is 8.30. The number of phenols is 1. The molecular weight excluding hydrogens is 196 g/mol. The highest BCUT2D eigenvalue weighted by molar-refractivity contribution is 5.71. The average molecular weight is 208 g/mol. The normalized spacial score (nSPS) is 10.5. The molecule has 1 rings (SSSR count). The van der Waals surface area contributed by atoms with E-state index in [0.717, 1.165) is 0 Å². The van der Waals surface area contributed by atoms with Crippen molar-refractivity contribution in [3.05, 3.63) is 29.8 Å². The zero-order chi connectivity index (χ0) is 11.3. The summed E-state index contributed by atoms with van der Waals surface area (Å²) in [6.07, 6.45) is 2.97. The molecule has 0 radical (unpaired) electrons. The van der Waals surface area contributed by atoms with Crippen LogP contribution in [0.5, 0.6) is 11.5 Å². The van der Waals surface area contributed by atoms with Crippen molar-refractivity contribution in [2.24, 2.45) is 0 Å². The largest absolute Gasteiger partial charge is 0.507 e. The monoisotopic (exact) mass is 208 g/mol. The Morgan fingerprint density at radius 3 is 2.80 bits per heavy atom. The standard InChI is InChI=1S/C11H12O4/c1-15-9-6-5-8(10(12)7-9)3-2-4-11(13)14/h2-3,5-7,12H,4H2,1H3,(H,13,14). The minimum atomic E-state index is -0.903. The van der Waals surface area contributed by atoms with E-state index in [9.17, 15) is 9.90 Å². The summed E-state index contributed by atoms with van der Waals surface area (Å²) >= 11 is 0. The highest BCUT2D eigenvalue weighted by atomic mass is 16.5. The first-order valence-electron chi connectivity index (χ1n) is 4.39. The van der Waals surface area contributed by atoms with Crippen LogP contribution in [0.25, 0.3) is 6.08 Å². The fourth-order valence-corrected chi connectivity index (χ4v) is 1.08. The minimum Gasteiger partial charge on any atom is -0.507 e. The number of ether oxygens (including phenoxy) is 1. The molecule has 1 aromatic carbocycles. The molecule has 0 amide bonds. The van der Waals surface area contributed by atoms with Crippen molar-refractivity contribution in [1.82, 2.24) is 0 Å². The second-order valence-corrected chi connectivity index (χ2v) is 2.92. The molecule has 1 aromatic rings. The van der Waals surface area contributed by atoms with E-state index in [1.807, 2.05) is 0 Å². The van der Waals surface area contributed by atoms with Crippen LogP contribution in [-0.2, 0) is 4.79 Å². The quantitative estimate of drug-likeness (QED) is 0.792. The summed E-state index contributed by atoms with van der Waals surface area (Å²) < 4.78 is 4.91. The second kappa shape index (κ2) is 5.05. The lowest BCUT2D eigenvalue weighted by Gasteiger charge is -2.02. The molecule has 4 heteroatoms. The number of hydrogen-bond donors (Lipinski definition) is 2. The number of methoxy groups -OCH3 is 1. The molecule has 0 fully saturated rings. The van der Waals surface area contributed by atoms with E-state index in [4.69, 9.17) is 9.84 Å². The molecule has 0 aromatic heterocycles. The van der Waals surface area contributed by atoms with Crippen LogP contribution in [0.4, 0.5) is 0 Å². The number of aliphatic carboxylic acids is 1. The predicted octanol–water partition coefficient (Wildman–Crippen LogP) is 1.89. The predicted molar refractivity (Wildman–Crippen MR) is 55.9 cm³/mol. The first-order chi connectivity index (χ1) is 7.13. The van der Waals surface area contributed by atoms with Crippen molar-refractivity contribution in [2.75, 3.05) is 7.11 Å². The third-order valence-electron chi connectivity index (χ3n) is 1.83. The Hall–Kier alpha value is -1.97. The van der Waals surface area contributed by atoms with E-state index in [1.165, 1.54) is 19.3 Å². The van der Waals surface area contributed by atoms with E-state index >= 15 is 0 Å². The lowest BCUT2D eigenvalue weighted by atomic mass is 10.1. The number of hydrogen-bond acceptors (Lipinski definition) is 3. The third kappa shape index (κ3) is 3.34. The summed E-state index contributed by atoms with van der Waals surface area (Å²) in [4.78, 5) is 10.2. The van der Waals surface area contributed by atoms with Gasteiger partial charge in [0, 0.05) is 11.6 Å². The van der Waals surface area contributed by atoms with Gasteiger partial charge in [0.05, 0.1) is 13.5 Å². The molecule has 0 aliphatic carbocycles. The maximum Gasteiger partial charge on any atom is 0.307 e. The van der Waals surface area contributed by atoms with Crippen LogP contribution in [0.3, 0.4) is 0 Å². The molecule has 0 aliphatic rings. The van der Waals surface area contributed by atoms with Gasteiger partial charge < -0.3 is 14.9 Å². The van der Waals surface area contributed by atoms with Crippen molar-refractivity contribution >= 4 is 12.0 Å². The summed E-state index contributed by atoms with van der Waals surface area (Å²) in [7, 11) is 1.51. The Balaban J connectivity index is 2.78. The van der Waals surface area contributed by atoms with Crippen LogP contribution in [0.15, 0.2) is 24.3 Å². The zero-order valence-electron chi connectivity index (χ0n) is 8.30. The van der Waals surface area contributed by atoms with Gasteiger partial charge in [-0.15, -0.1) is 0 Å². The molecule has 4 nitrogen and oxygen atoms in total.